The number of nitrogens with zero attached hydrogens (tertiary/aromatic N) is 2. The van der Waals surface area contributed by atoms with Crippen LogP contribution in [0.1, 0.15) is 25.6 Å². The lowest BCUT2D eigenvalue weighted by atomic mass is 10.1. The number of carbonyl (C=O) groups excluding carboxylic acids is 2. The fraction of sp³-hybridized carbons (Fsp3) is 0.182. The zero-order valence-electron chi connectivity index (χ0n) is 16.2. The number of anilines is 2. The van der Waals surface area contributed by atoms with Gasteiger partial charge in [0.25, 0.3) is 11.8 Å². The van der Waals surface area contributed by atoms with E-state index in [1.807, 2.05) is 54.7 Å². The highest BCUT2D eigenvalue weighted by atomic mass is 32.1. The van der Waals surface area contributed by atoms with E-state index >= 15 is 0 Å². The fourth-order valence-electron chi connectivity index (χ4n) is 2.80. The lowest BCUT2D eigenvalue weighted by Gasteiger charge is -2.19. The number of thiophene rings is 1. The van der Waals surface area contributed by atoms with Crippen molar-refractivity contribution < 1.29 is 9.59 Å². The second kappa shape index (κ2) is 8.71. The lowest BCUT2D eigenvalue weighted by molar-refractivity contribution is 0.0784. The summed E-state index contributed by atoms with van der Waals surface area (Å²) in [6.45, 7) is 0.512. The van der Waals surface area contributed by atoms with Crippen LogP contribution in [0, 0.1) is 0 Å². The largest absolute Gasteiger partial charge is 0.378 e. The van der Waals surface area contributed by atoms with E-state index in [4.69, 9.17) is 0 Å². The molecular weight excluding hydrogens is 370 g/mol. The maximum absolute atomic E-state index is 12.8. The Morgan fingerprint density at radius 1 is 0.964 bits per heavy atom. The van der Waals surface area contributed by atoms with Crippen LogP contribution < -0.4 is 10.2 Å². The molecule has 0 atom stereocenters. The van der Waals surface area contributed by atoms with Crippen molar-refractivity contribution in [2.45, 2.75) is 6.54 Å². The minimum atomic E-state index is -0.172. The highest BCUT2D eigenvalue weighted by Gasteiger charge is 2.14. The van der Waals surface area contributed by atoms with Crippen molar-refractivity contribution in [2.75, 3.05) is 31.4 Å². The molecular formula is C22H23N3O2S. The molecule has 1 heterocycles. The summed E-state index contributed by atoms with van der Waals surface area (Å²) < 4.78 is 0. The third kappa shape index (κ3) is 4.78. The Bertz CT molecular complexity index is 950. The molecule has 3 rings (SSSR count). The summed E-state index contributed by atoms with van der Waals surface area (Å²) >= 11 is 1.38. The van der Waals surface area contributed by atoms with Crippen molar-refractivity contribution >= 4 is 34.5 Å². The van der Waals surface area contributed by atoms with Gasteiger partial charge in [-0.05, 0) is 47.3 Å². The Morgan fingerprint density at radius 2 is 1.71 bits per heavy atom. The van der Waals surface area contributed by atoms with Gasteiger partial charge in [0.05, 0.1) is 4.88 Å². The molecule has 0 aliphatic rings. The van der Waals surface area contributed by atoms with Gasteiger partial charge in [-0.2, -0.15) is 0 Å². The van der Waals surface area contributed by atoms with Gasteiger partial charge in [0.2, 0.25) is 0 Å². The highest BCUT2D eigenvalue weighted by molar-refractivity contribution is 7.12. The van der Waals surface area contributed by atoms with Crippen LogP contribution in [-0.4, -0.2) is 37.9 Å². The van der Waals surface area contributed by atoms with Crippen molar-refractivity contribution in [3.8, 4) is 0 Å². The van der Waals surface area contributed by atoms with E-state index in [9.17, 15) is 9.59 Å². The first kappa shape index (κ1) is 19.6. The van der Waals surface area contributed by atoms with E-state index in [0.717, 1.165) is 11.3 Å². The first-order chi connectivity index (χ1) is 13.4. The summed E-state index contributed by atoms with van der Waals surface area (Å²) in [6, 6.07) is 18.7. The van der Waals surface area contributed by atoms with E-state index < -0.39 is 0 Å². The number of nitrogens with one attached hydrogen (secondary N) is 1. The Kier molecular flexibility index (Phi) is 6.11. The molecule has 1 N–H and O–H groups in total. The van der Waals surface area contributed by atoms with Crippen molar-refractivity contribution in [1.29, 1.82) is 0 Å². The molecule has 0 aliphatic heterocycles. The fourth-order valence-corrected chi connectivity index (χ4v) is 3.41. The smallest absolute Gasteiger partial charge is 0.265 e. The summed E-state index contributed by atoms with van der Waals surface area (Å²) in [5.74, 6) is -0.266. The molecule has 0 aliphatic carbocycles. The summed E-state index contributed by atoms with van der Waals surface area (Å²) in [5, 5.41) is 4.70. The van der Waals surface area contributed by atoms with E-state index in [1.165, 1.54) is 11.3 Å². The Balaban J connectivity index is 1.67. The van der Waals surface area contributed by atoms with Gasteiger partial charge in [-0.15, -0.1) is 11.3 Å². The van der Waals surface area contributed by atoms with Gasteiger partial charge in [0, 0.05) is 44.6 Å². The van der Waals surface area contributed by atoms with Gasteiger partial charge in [0.1, 0.15) is 0 Å². The maximum atomic E-state index is 12.8. The van der Waals surface area contributed by atoms with Gasteiger partial charge in [-0.25, -0.2) is 0 Å². The van der Waals surface area contributed by atoms with Crippen molar-refractivity contribution in [3.63, 3.8) is 0 Å². The van der Waals surface area contributed by atoms with E-state index in [-0.39, 0.29) is 11.8 Å². The summed E-state index contributed by atoms with van der Waals surface area (Å²) in [5.41, 5.74) is 3.32. The predicted octanol–water partition coefficient (Wildman–Crippen LogP) is 4.34. The van der Waals surface area contributed by atoms with Crippen LogP contribution >= 0.6 is 11.3 Å². The molecule has 5 nitrogen and oxygen atoms in total. The van der Waals surface area contributed by atoms with Crippen LogP contribution in [0.25, 0.3) is 0 Å². The van der Waals surface area contributed by atoms with Crippen LogP contribution in [0.3, 0.4) is 0 Å². The van der Waals surface area contributed by atoms with Crippen LogP contribution in [0.4, 0.5) is 11.4 Å². The zero-order valence-corrected chi connectivity index (χ0v) is 17.0. The second-order valence-electron chi connectivity index (χ2n) is 6.73. The second-order valence-corrected chi connectivity index (χ2v) is 7.68. The van der Waals surface area contributed by atoms with E-state index in [0.29, 0.717) is 22.7 Å². The lowest BCUT2D eigenvalue weighted by Crippen LogP contribution is -2.26. The highest BCUT2D eigenvalue weighted by Crippen LogP contribution is 2.18. The van der Waals surface area contributed by atoms with Gasteiger partial charge >= 0.3 is 0 Å². The summed E-state index contributed by atoms with van der Waals surface area (Å²) in [7, 11) is 5.77. The normalized spacial score (nSPS) is 10.4. The Labute approximate surface area is 169 Å². The summed E-state index contributed by atoms with van der Waals surface area (Å²) in [4.78, 5) is 29.3. The van der Waals surface area contributed by atoms with Crippen molar-refractivity contribution in [1.82, 2.24) is 4.90 Å². The predicted molar refractivity (Wildman–Crippen MR) is 115 cm³/mol. The summed E-state index contributed by atoms with van der Waals surface area (Å²) in [6.07, 6.45) is 0. The first-order valence-electron chi connectivity index (χ1n) is 8.90. The SMILES string of the molecule is CN(Cc1ccc(N(C)C)cc1)C(=O)c1cccc(NC(=O)c2cccs2)c1. The monoisotopic (exact) mass is 393 g/mol. The van der Waals surface area contributed by atoms with E-state index in [1.54, 1.807) is 42.3 Å². The number of amides is 2. The van der Waals surface area contributed by atoms with Gasteiger partial charge in [0.15, 0.2) is 0 Å². The number of carbonyl (C=O) groups is 2. The minimum Gasteiger partial charge on any atom is -0.378 e. The van der Waals surface area contributed by atoms with E-state index in [2.05, 4.69) is 5.32 Å². The minimum absolute atomic E-state index is 0.0936. The molecule has 144 valence electrons. The third-order valence-corrected chi connectivity index (χ3v) is 5.20. The average molecular weight is 394 g/mol. The Morgan fingerprint density at radius 3 is 2.36 bits per heavy atom. The molecule has 0 unspecified atom stereocenters. The number of hydrogen-bond acceptors (Lipinski definition) is 4. The number of rotatable bonds is 6. The van der Waals surface area contributed by atoms with Crippen LogP contribution in [0.2, 0.25) is 0 Å². The molecule has 0 fully saturated rings. The van der Waals surface area contributed by atoms with Crippen LogP contribution in [-0.2, 0) is 6.54 Å². The Hall–Kier alpha value is -3.12. The topological polar surface area (TPSA) is 52.6 Å². The standard InChI is InChI=1S/C22H23N3O2S/c1-24(2)19-11-9-16(10-12-19)15-25(3)22(27)17-6-4-7-18(14-17)23-21(26)20-8-5-13-28-20/h4-14H,15H2,1-3H3,(H,23,26). The molecule has 6 heteroatoms. The molecule has 2 amide bonds. The van der Waals surface area contributed by atoms with Crippen molar-refractivity contribution in [2.24, 2.45) is 0 Å². The zero-order chi connectivity index (χ0) is 20.1. The molecule has 0 spiro atoms. The third-order valence-electron chi connectivity index (χ3n) is 4.33. The number of hydrogen-bond donors (Lipinski definition) is 1. The quantitative estimate of drug-likeness (QED) is 0.678. The molecule has 0 bridgehead atoms. The van der Waals surface area contributed by atoms with Gasteiger partial charge in [-0.3, -0.25) is 9.59 Å². The van der Waals surface area contributed by atoms with Crippen LogP contribution in [0.5, 0.6) is 0 Å². The number of benzene rings is 2. The molecule has 0 radical (unpaired) electrons. The van der Waals surface area contributed by atoms with Gasteiger partial charge in [-0.1, -0.05) is 24.3 Å². The first-order valence-corrected chi connectivity index (χ1v) is 9.78. The average Bonchev–Trinajstić information content (AvgIpc) is 3.23. The van der Waals surface area contributed by atoms with Crippen molar-refractivity contribution in [3.05, 3.63) is 82.0 Å². The molecule has 1 aromatic heterocycles. The molecule has 3 aromatic rings. The maximum Gasteiger partial charge on any atom is 0.265 e. The van der Waals surface area contributed by atoms with Crippen LogP contribution in [0.15, 0.2) is 66.0 Å². The van der Waals surface area contributed by atoms with Gasteiger partial charge < -0.3 is 15.1 Å². The molecule has 28 heavy (non-hydrogen) atoms. The molecule has 0 saturated heterocycles. The molecule has 0 saturated carbocycles. The molecule has 2 aromatic carbocycles.